The second-order valence-electron chi connectivity index (χ2n) is 6.03. The summed E-state index contributed by atoms with van der Waals surface area (Å²) in [5, 5.41) is 9.13. The minimum absolute atomic E-state index is 0.0606. The Bertz CT molecular complexity index is 686. The first-order valence-electron chi connectivity index (χ1n) is 7.22. The number of likely N-dealkylation sites (tertiary alicyclic amines) is 1. The lowest BCUT2D eigenvalue weighted by atomic mass is 9.85. The molecule has 2 amide bonds. The third-order valence-electron chi connectivity index (χ3n) is 5.03. The molecular formula is C17H14N2O2. The maximum absolute atomic E-state index is 12.6. The van der Waals surface area contributed by atoms with Crippen molar-refractivity contribution < 1.29 is 9.59 Å². The molecule has 21 heavy (non-hydrogen) atoms. The van der Waals surface area contributed by atoms with Gasteiger partial charge in [0, 0.05) is 0 Å². The molecule has 2 bridgehead atoms. The van der Waals surface area contributed by atoms with Crippen LogP contribution in [0.25, 0.3) is 0 Å². The molecule has 1 saturated carbocycles. The molecule has 0 N–H and O–H groups in total. The Balaban J connectivity index is 1.65. The van der Waals surface area contributed by atoms with Gasteiger partial charge in [0.15, 0.2) is 0 Å². The van der Waals surface area contributed by atoms with Crippen LogP contribution in [0.15, 0.2) is 36.4 Å². The minimum atomic E-state index is -0.165. The largest absolute Gasteiger partial charge is 0.278 e. The van der Waals surface area contributed by atoms with E-state index in [-0.39, 0.29) is 42.0 Å². The van der Waals surface area contributed by atoms with Gasteiger partial charge in [0.2, 0.25) is 11.8 Å². The fourth-order valence-electron chi connectivity index (χ4n) is 4.06. The summed E-state index contributed by atoms with van der Waals surface area (Å²) in [6, 6.07) is 9.25. The molecule has 4 rings (SSSR count). The first-order chi connectivity index (χ1) is 10.2. The molecule has 1 aromatic rings. The Morgan fingerprint density at radius 3 is 2.33 bits per heavy atom. The molecule has 104 valence electrons. The van der Waals surface area contributed by atoms with Crippen molar-refractivity contribution in [1.29, 1.82) is 5.26 Å². The maximum Gasteiger partial charge on any atom is 0.234 e. The van der Waals surface area contributed by atoms with Crippen LogP contribution in [0.1, 0.15) is 17.5 Å². The summed E-state index contributed by atoms with van der Waals surface area (Å²) in [6.45, 7) is 0.216. The predicted molar refractivity (Wildman–Crippen MR) is 74.4 cm³/mol. The monoisotopic (exact) mass is 278 g/mol. The van der Waals surface area contributed by atoms with Gasteiger partial charge < -0.3 is 0 Å². The summed E-state index contributed by atoms with van der Waals surface area (Å²) >= 11 is 0. The quantitative estimate of drug-likeness (QED) is 0.613. The molecule has 0 radical (unpaired) electrons. The van der Waals surface area contributed by atoms with E-state index in [1.165, 1.54) is 4.90 Å². The summed E-state index contributed by atoms with van der Waals surface area (Å²) in [4.78, 5) is 26.5. The van der Waals surface area contributed by atoms with Crippen LogP contribution in [0, 0.1) is 35.0 Å². The standard InChI is InChI=1S/C17H14N2O2/c18-8-12-3-1-2-4-13(12)9-19-16(20)14-10-5-6-11(7-10)15(14)17(19)21/h1-6,10-11,14-15H,7,9H2/t10-,11-,14-,15-/m0/s1. The fraction of sp³-hybridized carbons (Fsp3) is 0.353. The molecule has 1 aromatic carbocycles. The van der Waals surface area contributed by atoms with Gasteiger partial charge in [0.05, 0.1) is 30.0 Å². The second kappa shape index (κ2) is 4.29. The Hall–Kier alpha value is -2.41. The van der Waals surface area contributed by atoms with Gasteiger partial charge in [-0.2, -0.15) is 5.26 Å². The van der Waals surface area contributed by atoms with Crippen molar-refractivity contribution in [3.63, 3.8) is 0 Å². The topological polar surface area (TPSA) is 61.2 Å². The number of allylic oxidation sites excluding steroid dienone is 2. The molecule has 3 aliphatic rings. The normalized spacial score (nSPS) is 32.6. The Morgan fingerprint density at radius 2 is 1.71 bits per heavy atom. The van der Waals surface area contributed by atoms with Gasteiger partial charge in [-0.25, -0.2) is 0 Å². The Morgan fingerprint density at radius 1 is 1.10 bits per heavy atom. The van der Waals surface area contributed by atoms with Crippen molar-refractivity contribution in [1.82, 2.24) is 4.90 Å². The van der Waals surface area contributed by atoms with Crippen LogP contribution in [0.2, 0.25) is 0 Å². The van der Waals surface area contributed by atoms with E-state index in [0.717, 1.165) is 12.0 Å². The molecule has 2 fully saturated rings. The van der Waals surface area contributed by atoms with E-state index >= 15 is 0 Å². The van der Waals surface area contributed by atoms with Crippen LogP contribution in [0.4, 0.5) is 0 Å². The smallest absolute Gasteiger partial charge is 0.234 e. The SMILES string of the molecule is N#Cc1ccccc1CN1C(=O)[C@@H]2[C@@H](C1=O)[C@H]1C=C[C@H]2C1. The second-order valence-corrected chi connectivity index (χ2v) is 6.03. The average molecular weight is 278 g/mol. The van der Waals surface area contributed by atoms with Gasteiger partial charge in [-0.3, -0.25) is 14.5 Å². The van der Waals surface area contributed by atoms with Crippen molar-refractivity contribution in [2.24, 2.45) is 23.7 Å². The summed E-state index contributed by atoms with van der Waals surface area (Å²) in [5.74, 6) is 0.00741. The number of nitrogens with zero attached hydrogens (tertiary/aromatic N) is 2. The first-order valence-corrected chi connectivity index (χ1v) is 7.22. The number of hydrogen-bond acceptors (Lipinski definition) is 3. The van der Waals surface area contributed by atoms with Gasteiger partial charge in [0.1, 0.15) is 0 Å². The Kier molecular flexibility index (Phi) is 2.52. The van der Waals surface area contributed by atoms with Gasteiger partial charge in [-0.05, 0) is 29.9 Å². The zero-order chi connectivity index (χ0) is 14.6. The number of benzene rings is 1. The van der Waals surface area contributed by atoms with Gasteiger partial charge in [0.25, 0.3) is 0 Å². The van der Waals surface area contributed by atoms with E-state index < -0.39 is 0 Å². The van der Waals surface area contributed by atoms with E-state index in [0.29, 0.717) is 5.56 Å². The fourth-order valence-corrected chi connectivity index (χ4v) is 4.06. The third-order valence-corrected chi connectivity index (χ3v) is 5.03. The number of hydrogen-bond donors (Lipinski definition) is 0. The first kappa shape index (κ1) is 12.3. The molecule has 0 unspecified atom stereocenters. The van der Waals surface area contributed by atoms with Crippen molar-refractivity contribution in [2.45, 2.75) is 13.0 Å². The number of rotatable bonds is 2. The highest BCUT2D eigenvalue weighted by Gasteiger charge is 2.59. The summed E-state index contributed by atoms with van der Waals surface area (Å²) < 4.78 is 0. The van der Waals surface area contributed by atoms with Gasteiger partial charge in [-0.1, -0.05) is 30.4 Å². The van der Waals surface area contributed by atoms with Crippen LogP contribution >= 0.6 is 0 Å². The molecule has 4 heteroatoms. The number of amides is 2. The van der Waals surface area contributed by atoms with E-state index in [4.69, 9.17) is 5.26 Å². The minimum Gasteiger partial charge on any atom is -0.278 e. The lowest BCUT2D eigenvalue weighted by molar-refractivity contribution is -0.141. The molecular weight excluding hydrogens is 264 g/mol. The van der Waals surface area contributed by atoms with Crippen molar-refractivity contribution in [3.05, 3.63) is 47.5 Å². The number of nitriles is 1. The molecule has 0 spiro atoms. The molecule has 2 aliphatic carbocycles. The van der Waals surface area contributed by atoms with Crippen LogP contribution < -0.4 is 0 Å². The highest BCUT2D eigenvalue weighted by Crippen LogP contribution is 2.52. The molecule has 1 aliphatic heterocycles. The van der Waals surface area contributed by atoms with Gasteiger partial charge in [-0.15, -0.1) is 0 Å². The molecule has 1 saturated heterocycles. The number of carbonyl (C=O) groups is 2. The van der Waals surface area contributed by atoms with Crippen LogP contribution in [-0.4, -0.2) is 16.7 Å². The molecule has 4 atom stereocenters. The zero-order valence-corrected chi connectivity index (χ0v) is 11.4. The molecule has 1 heterocycles. The van der Waals surface area contributed by atoms with Crippen molar-refractivity contribution in [3.8, 4) is 6.07 Å². The number of imide groups is 1. The lowest BCUT2D eigenvalue weighted by Gasteiger charge is -2.17. The van der Waals surface area contributed by atoms with Crippen molar-refractivity contribution >= 4 is 11.8 Å². The van der Waals surface area contributed by atoms with E-state index in [9.17, 15) is 9.59 Å². The van der Waals surface area contributed by atoms with E-state index in [1.807, 2.05) is 6.07 Å². The van der Waals surface area contributed by atoms with Gasteiger partial charge >= 0.3 is 0 Å². The van der Waals surface area contributed by atoms with Crippen molar-refractivity contribution in [2.75, 3.05) is 0 Å². The summed E-state index contributed by atoms with van der Waals surface area (Å²) in [7, 11) is 0. The third kappa shape index (κ3) is 1.61. The highest BCUT2D eigenvalue weighted by molar-refractivity contribution is 6.06. The average Bonchev–Trinajstić information content (AvgIpc) is 3.17. The zero-order valence-electron chi connectivity index (χ0n) is 11.4. The summed E-state index contributed by atoms with van der Waals surface area (Å²) in [6.07, 6.45) is 5.11. The molecule has 0 aromatic heterocycles. The van der Waals surface area contributed by atoms with Crippen LogP contribution in [0.3, 0.4) is 0 Å². The molecule has 4 nitrogen and oxygen atoms in total. The van der Waals surface area contributed by atoms with Crippen LogP contribution in [-0.2, 0) is 16.1 Å². The Labute approximate surface area is 122 Å². The lowest BCUT2D eigenvalue weighted by Crippen LogP contribution is -2.32. The van der Waals surface area contributed by atoms with E-state index in [1.54, 1.807) is 18.2 Å². The van der Waals surface area contributed by atoms with Crippen LogP contribution in [0.5, 0.6) is 0 Å². The maximum atomic E-state index is 12.6. The number of fused-ring (bicyclic) bond motifs is 5. The number of carbonyl (C=O) groups excluding carboxylic acids is 2. The summed E-state index contributed by atoms with van der Waals surface area (Å²) in [5.41, 5.74) is 1.26. The predicted octanol–water partition coefficient (Wildman–Crippen LogP) is 1.87. The highest BCUT2D eigenvalue weighted by atomic mass is 16.2. The van der Waals surface area contributed by atoms with E-state index in [2.05, 4.69) is 18.2 Å².